The SMILES string of the molecule is Cc1nc(C(C)(C)C)sc1C(C)Nc1cnn(CCO)c1. The smallest absolute Gasteiger partial charge is 0.0985 e. The van der Waals surface area contributed by atoms with Gasteiger partial charge in [-0.05, 0) is 13.8 Å². The number of aliphatic hydroxyl groups excluding tert-OH is 1. The van der Waals surface area contributed by atoms with Crippen LogP contribution in [0.4, 0.5) is 5.69 Å². The van der Waals surface area contributed by atoms with E-state index in [1.54, 1.807) is 22.2 Å². The lowest BCUT2D eigenvalue weighted by molar-refractivity contribution is 0.269. The highest BCUT2D eigenvalue weighted by atomic mass is 32.1. The Hall–Kier alpha value is -1.40. The fraction of sp³-hybridized carbons (Fsp3) is 0.600. The molecule has 0 amide bonds. The van der Waals surface area contributed by atoms with Crippen LogP contribution in [0.15, 0.2) is 12.4 Å². The minimum atomic E-state index is 0.0827. The summed E-state index contributed by atoms with van der Waals surface area (Å²) in [4.78, 5) is 5.96. The Morgan fingerprint density at radius 3 is 2.71 bits per heavy atom. The lowest BCUT2D eigenvalue weighted by Gasteiger charge is -2.14. The Morgan fingerprint density at radius 1 is 1.43 bits per heavy atom. The van der Waals surface area contributed by atoms with Gasteiger partial charge in [-0.25, -0.2) is 4.98 Å². The maximum atomic E-state index is 8.92. The van der Waals surface area contributed by atoms with Crippen molar-refractivity contribution in [2.24, 2.45) is 0 Å². The van der Waals surface area contributed by atoms with E-state index in [9.17, 15) is 0 Å². The van der Waals surface area contributed by atoms with Crippen molar-refractivity contribution in [1.82, 2.24) is 14.8 Å². The normalized spacial score (nSPS) is 13.4. The summed E-state index contributed by atoms with van der Waals surface area (Å²) in [6, 6.07) is 0.186. The number of aryl methyl sites for hydroxylation is 1. The molecule has 0 radical (unpaired) electrons. The number of nitrogens with one attached hydrogen (secondary N) is 1. The number of anilines is 1. The zero-order valence-electron chi connectivity index (χ0n) is 13.3. The predicted molar refractivity (Wildman–Crippen MR) is 86.9 cm³/mol. The second-order valence-corrected chi connectivity index (χ2v) is 7.33. The van der Waals surface area contributed by atoms with Gasteiger partial charge in [0.1, 0.15) is 0 Å². The molecule has 0 saturated heterocycles. The number of aliphatic hydroxyl groups is 1. The second-order valence-electron chi connectivity index (χ2n) is 6.30. The summed E-state index contributed by atoms with van der Waals surface area (Å²) in [6.07, 6.45) is 3.70. The molecule has 0 aliphatic rings. The van der Waals surface area contributed by atoms with Gasteiger partial charge in [0.25, 0.3) is 0 Å². The molecule has 6 heteroatoms. The molecule has 0 saturated carbocycles. The van der Waals surface area contributed by atoms with Crippen molar-refractivity contribution in [3.05, 3.63) is 28.0 Å². The Morgan fingerprint density at radius 2 is 2.14 bits per heavy atom. The standard InChI is InChI=1S/C15H24N4OS/c1-10(17-12-8-16-19(9-12)6-7-20)13-11(2)18-14(21-13)15(3,4)5/h8-10,17,20H,6-7H2,1-5H3. The first kappa shape index (κ1) is 16.0. The van der Waals surface area contributed by atoms with Crippen molar-refractivity contribution < 1.29 is 5.11 Å². The van der Waals surface area contributed by atoms with Crippen molar-refractivity contribution in [3.63, 3.8) is 0 Å². The van der Waals surface area contributed by atoms with Crippen molar-refractivity contribution in [3.8, 4) is 0 Å². The minimum absolute atomic E-state index is 0.0827. The van der Waals surface area contributed by atoms with E-state index < -0.39 is 0 Å². The number of aromatic nitrogens is 3. The summed E-state index contributed by atoms with van der Waals surface area (Å²) < 4.78 is 1.73. The minimum Gasteiger partial charge on any atom is -0.394 e. The number of hydrogen-bond donors (Lipinski definition) is 2. The summed E-state index contributed by atoms with van der Waals surface area (Å²) in [7, 11) is 0. The number of nitrogens with zero attached hydrogens (tertiary/aromatic N) is 3. The van der Waals surface area contributed by atoms with E-state index in [-0.39, 0.29) is 18.1 Å². The third-order valence-electron chi connectivity index (χ3n) is 3.21. The molecule has 2 N–H and O–H groups in total. The molecule has 1 atom stereocenters. The highest BCUT2D eigenvalue weighted by molar-refractivity contribution is 7.12. The summed E-state index contributed by atoms with van der Waals surface area (Å²) in [5.41, 5.74) is 2.13. The van der Waals surface area contributed by atoms with E-state index in [1.807, 2.05) is 6.20 Å². The topological polar surface area (TPSA) is 63.0 Å². The molecule has 0 aromatic carbocycles. The van der Waals surface area contributed by atoms with Crippen LogP contribution in [0, 0.1) is 6.92 Å². The van der Waals surface area contributed by atoms with Gasteiger partial charge in [0.15, 0.2) is 0 Å². The van der Waals surface area contributed by atoms with Gasteiger partial charge in [0.05, 0.1) is 41.8 Å². The van der Waals surface area contributed by atoms with Crippen LogP contribution in [-0.4, -0.2) is 26.5 Å². The number of hydrogen-bond acceptors (Lipinski definition) is 5. The van der Waals surface area contributed by atoms with Crippen LogP contribution in [-0.2, 0) is 12.0 Å². The second kappa shape index (κ2) is 6.15. The third-order valence-corrected chi connectivity index (χ3v) is 4.98. The first-order valence-electron chi connectivity index (χ1n) is 7.19. The van der Waals surface area contributed by atoms with Crippen LogP contribution in [0.25, 0.3) is 0 Å². The Labute approximate surface area is 130 Å². The quantitative estimate of drug-likeness (QED) is 0.891. The summed E-state index contributed by atoms with van der Waals surface area (Å²) in [6.45, 7) is 11.4. The molecule has 21 heavy (non-hydrogen) atoms. The lowest BCUT2D eigenvalue weighted by Crippen LogP contribution is -2.10. The van der Waals surface area contributed by atoms with Gasteiger partial charge >= 0.3 is 0 Å². The molecular formula is C15H24N4OS. The van der Waals surface area contributed by atoms with Gasteiger partial charge in [-0.15, -0.1) is 11.3 Å². The van der Waals surface area contributed by atoms with E-state index in [1.165, 1.54) is 9.88 Å². The van der Waals surface area contributed by atoms with Crippen LogP contribution in [0.1, 0.15) is 49.3 Å². The van der Waals surface area contributed by atoms with Crippen LogP contribution >= 0.6 is 11.3 Å². The third kappa shape index (κ3) is 3.83. The highest BCUT2D eigenvalue weighted by Gasteiger charge is 2.22. The van der Waals surface area contributed by atoms with Crippen LogP contribution in [0.5, 0.6) is 0 Å². The van der Waals surface area contributed by atoms with Crippen LogP contribution in [0.3, 0.4) is 0 Å². The van der Waals surface area contributed by atoms with Gasteiger partial charge in [-0.2, -0.15) is 5.10 Å². The Bertz CT molecular complexity index is 597. The van der Waals surface area contributed by atoms with Crippen molar-refractivity contribution in [1.29, 1.82) is 0 Å². The van der Waals surface area contributed by atoms with Gasteiger partial charge in [0.2, 0.25) is 0 Å². The molecule has 0 spiro atoms. The molecular weight excluding hydrogens is 284 g/mol. The molecule has 2 aromatic heterocycles. The van der Waals surface area contributed by atoms with E-state index in [2.05, 4.69) is 45.0 Å². The fourth-order valence-electron chi connectivity index (χ4n) is 2.11. The van der Waals surface area contributed by atoms with Crippen molar-refractivity contribution in [2.75, 3.05) is 11.9 Å². The lowest BCUT2D eigenvalue weighted by atomic mass is 9.98. The molecule has 2 aromatic rings. The van der Waals surface area contributed by atoms with Gasteiger partial charge in [0, 0.05) is 16.5 Å². The largest absolute Gasteiger partial charge is 0.394 e. The Kier molecular flexibility index (Phi) is 4.68. The zero-order chi connectivity index (χ0) is 15.6. The van der Waals surface area contributed by atoms with E-state index in [4.69, 9.17) is 10.1 Å². The molecule has 2 rings (SSSR count). The molecule has 1 unspecified atom stereocenters. The van der Waals surface area contributed by atoms with Gasteiger partial charge in [-0.1, -0.05) is 20.8 Å². The molecule has 0 bridgehead atoms. The summed E-state index contributed by atoms with van der Waals surface area (Å²) >= 11 is 1.77. The molecule has 116 valence electrons. The Balaban J connectivity index is 2.12. The predicted octanol–water partition coefficient (Wildman–Crippen LogP) is 3.11. The molecule has 2 heterocycles. The van der Waals surface area contributed by atoms with E-state index in [0.29, 0.717) is 6.54 Å². The monoisotopic (exact) mass is 308 g/mol. The van der Waals surface area contributed by atoms with E-state index in [0.717, 1.165) is 11.4 Å². The van der Waals surface area contributed by atoms with E-state index >= 15 is 0 Å². The van der Waals surface area contributed by atoms with Gasteiger partial charge in [-0.3, -0.25) is 4.68 Å². The molecule has 5 nitrogen and oxygen atoms in total. The first-order chi connectivity index (χ1) is 9.81. The summed E-state index contributed by atoms with van der Waals surface area (Å²) in [5, 5.41) is 17.7. The number of rotatable bonds is 5. The fourth-order valence-corrected chi connectivity index (χ4v) is 3.24. The molecule has 0 aliphatic carbocycles. The maximum absolute atomic E-state index is 8.92. The van der Waals surface area contributed by atoms with Gasteiger partial charge < -0.3 is 10.4 Å². The molecule has 0 aliphatic heterocycles. The van der Waals surface area contributed by atoms with Crippen LogP contribution < -0.4 is 5.32 Å². The first-order valence-corrected chi connectivity index (χ1v) is 8.00. The van der Waals surface area contributed by atoms with Crippen LogP contribution in [0.2, 0.25) is 0 Å². The maximum Gasteiger partial charge on any atom is 0.0985 e. The van der Waals surface area contributed by atoms with Crippen molar-refractivity contribution in [2.45, 2.75) is 52.6 Å². The average molecular weight is 308 g/mol. The summed E-state index contributed by atoms with van der Waals surface area (Å²) in [5.74, 6) is 0. The number of thiazole rings is 1. The zero-order valence-corrected chi connectivity index (χ0v) is 14.2. The molecule has 0 fully saturated rings. The average Bonchev–Trinajstić information content (AvgIpc) is 2.96. The highest BCUT2D eigenvalue weighted by Crippen LogP contribution is 2.33. The van der Waals surface area contributed by atoms with Crippen molar-refractivity contribution >= 4 is 17.0 Å².